The molecule has 4 nitrogen and oxygen atoms in total. The zero-order valence-electron chi connectivity index (χ0n) is 13.2. The number of hydrogen-bond donors (Lipinski definition) is 2. The summed E-state index contributed by atoms with van der Waals surface area (Å²) in [6.45, 7) is 8.40. The average molecular weight is 290 g/mol. The first kappa shape index (κ1) is 15.8. The van der Waals surface area contributed by atoms with Crippen LogP contribution in [-0.2, 0) is 11.2 Å². The fraction of sp³-hybridized carbons (Fsp3) is 0.588. The van der Waals surface area contributed by atoms with Gasteiger partial charge in [-0.3, -0.25) is 4.79 Å². The van der Waals surface area contributed by atoms with Crippen LogP contribution in [0.5, 0.6) is 0 Å². The van der Waals surface area contributed by atoms with Crippen molar-refractivity contribution in [3.05, 3.63) is 29.8 Å². The second kappa shape index (κ2) is 6.48. The molecule has 1 heterocycles. The number of para-hydroxylation sites is 1. The van der Waals surface area contributed by atoms with Gasteiger partial charge < -0.3 is 15.3 Å². The highest BCUT2D eigenvalue weighted by molar-refractivity contribution is 5.78. The Morgan fingerprint density at radius 2 is 2.19 bits per heavy atom. The Kier molecular flexibility index (Phi) is 4.88. The van der Waals surface area contributed by atoms with E-state index < -0.39 is 11.5 Å². The number of nitrogens with one attached hydrogen (secondary N) is 1. The molecule has 2 N–H and O–H groups in total. The number of rotatable bonds is 6. The molecule has 1 aromatic rings. The minimum atomic E-state index is -0.857. The van der Waals surface area contributed by atoms with Gasteiger partial charge in [-0.25, -0.2) is 0 Å². The molecule has 0 aliphatic carbocycles. The van der Waals surface area contributed by atoms with Crippen molar-refractivity contribution in [1.29, 1.82) is 0 Å². The SMILES string of the molecule is CCNC(C)(CCN1CC(C)Cc2ccccc21)C(=O)O. The first-order chi connectivity index (χ1) is 9.96. The second-order valence-corrected chi connectivity index (χ2v) is 6.30. The molecule has 0 fully saturated rings. The molecule has 2 unspecified atom stereocenters. The van der Waals surface area contributed by atoms with Gasteiger partial charge in [0.15, 0.2) is 0 Å². The van der Waals surface area contributed by atoms with Crippen LogP contribution in [0.1, 0.15) is 32.8 Å². The molecule has 0 saturated heterocycles. The van der Waals surface area contributed by atoms with Gasteiger partial charge in [0.25, 0.3) is 0 Å². The van der Waals surface area contributed by atoms with Crippen LogP contribution in [0.3, 0.4) is 0 Å². The molecule has 21 heavy (non-hydrogen) atoms. The molecule has 4 heteroatoms. The summed E-state index contributed by atoms with van der Waals surface area (Å²) in [5.41, 5.74) is 1.78. The van der Waals surface area contributed by atoms with Crippen molar-refractivity contribution in [2.24, 2.45) is 5.92 Å². The minimum absolute atomic E-state index is 0.594. The molecule has 0 amide bonds. The lowest BCUT2D eigenvalue weighted by Crippen LogP contribution is -2.51. The number of nitrogens with zero attached hydrogens (tertiary/aromatic N) is 1. The van der Waals surface area contributed by atoms with Crippen molar-refractivity contribution in [2.75, 3.05) is 24.5 Å². The number of carboxylic acids is 1. The van der Waals surface area contributed by atoms with Gasteiger partial charge in [-0.05, 0) is 43.9 Å². The van der Waals surface area contributed by atoms with Crippen molar-refractivity contribution in [3.8, 4) is 0 Å². The highest BCUT2D eigenvalue weighted by Gasteiger charge is 2.33. The number of benzene rings is 1. The molecule has 0 aromatic heterocycles. The topological polar surface area (TPSA) is 52.6 Å². The summed E-state index contributed by atoms with van der Waals surface area (Å²) >= 11 is 0. The number of carboxylic acid groups (broad SMARTS) is 1. The predicted molar refractivity (Wildman–Crippen MR) is 85.9 cm³/mol. The van der Waals surface area contributed by atoms with Crippen molar-refractivity contribution in [1.82, 2.24) is 5.32 Å². The number of likely N-dealkylation sites (N-methyl/N-ethyl adjacent to an activating group) is 1. The third-order valence-corrected chi connectivity index (χ3v) is 4.35. The number of hydrogen-bond acceptors (Lipinski definition) is 3. The molecule has 116 valence electrons. The Labute approximate surface area is 127 Å². The lowest BCUT2D eigenvalue weighted by atomic mass is 9.92. The minimum Gasteiger partial charge on any atom is -0.480 e. The van der Waals surface area contributed by atoms with Gasteiger partial charge in [0.05, 0.1) is 0 Å². The summed E-state index contributed by atoms with van der Waals surface area (Å²) in [7, 11) is 0. The summed E-state index contributed by atoms with van der Waals surface area (Å²) in [4.78, 5) is 13.8. The maximum absolute atomic E-state index is 11.5. The van der Waals surface area contributed by atoms with Crippen LogP contribution in [0.15, 0.2) is 24.3 Å². The van der Waals surface area contributed by atoms with Gasteiger partial charge in [-0.15, -0.1) is 0 Å². The Bertz CT molecular complexity index is 503. The number of aliphatic carboxylic acids is 1. The van der Waals surface area contributed by atoms with Crippen molar-refractivity contribution in [2.45, 2.75) is 39.2 Å². The molecular weight excluding hydrogens is 264 g/mol. The Morgan fingerprint density at radius 1 is 1.48 bits per heavy atom. The van der Waals surface area contributed by atoms with E-state index >= 15 is 0 Å². The van der Waals surface area contributed by atoms with Crippen molar-refractivity contribution < 1.29 is 9.90 Å². The summed E-state index contributed by atoms with van der Waals surface area (Å²) < 4.78 is 0. The van der Waals surface area contributed by atoms with Crippen LogP contribution in [0.25, 0.3) is 0 Å². The van der Waals surface area contributed by atoms with Gasteiger partial charge in [0.2, 0.25) is 0 Å². The van der Waals surface area contributed by atoms with E-state index in [1.807, 2.05) is 6.92 Å². The fourth-order valence-corrected chi connectivity index (χ4v) is 3.14. The second-order valence-electron chi connectivity index (χ2n) is 6.30. The van der Waals surface area contributed by atoms with E-state index in [4.69, 9.17) is 0 Å². The summed E-state index contributed by atoms with van der Waals surface area (Å²) in [6, 6.07) is 8.46. The quantitative estimate of drug-likeness (QED) is 0.845. The summed E-state index contributed by atoms with van der Waals surface area (Å²) in [5.74, 6) is -0.169. The third-order valence-electron chi connectivity index (χ3n) is 4.35. The monoisotopic (exact) mass is 290 g/mol. The maximum atomic E-state index is 11.5. The van der Waals surface area contributed by atoms with Crippen LogP contribution in [0.2, 0.25) is 0 Å². The Morgan fingerprint density at radius 3 is 2.86 bits per heavy atom. The molecule has 1 aliphatic rings. The van der Waals surface area contributed by atoms with Crippen LogP contribution in [-0.4, -0.2) is 36.2 Å². The molecule has 2 rings (SSSR count). The van der Waals surface area contributed by atoms with Gasteiger partial charge in [-0.2, -0.15) is 0 Å². The average Bonchev–Trinajstić information content (AvgIpc) is 2.44. The fourth-order valence-electron chi connectivity index (χ4n) is 3.14. The van der Waals surface area contributed by atoms with E-state index in [0.29, 0.717) is 18.9 Å². The van der Waals surface area contributed by atoms with Crippen LogP contribution < -0.4 is 10.2 Å². The number of anilines is 1. The first-order valence-corrected chi connectivity index (χ1v) is 7.77. The smallest absolute Gasteiger partial charge is 0.323 e. The van der Waals surface area contributed by atoms with E-state index in [9.17, 15) is 9.90 Å². The zero-order valence-corrected chi connectivity index (χ0v) is 13.2. The van der Waals surface area contributed by atoms with E-state index in [-0.39, 0.29) is 0 Å². The van der Waals surface area contributed by atoms with E-state index in [2.05, 4.69) is 41.4 Å². The Hall–Kier alpha value is -1.55. The first-order valence-electron chi connectivity index (χ1n) is 7.77. The summed E-state index contributed by atoms with van der Waals surface area (Å²) in [5, 5.41) is 12.6. The van der Waals surface area contributed by atoms with E-state index in [1.54, 1.807) is 6.92 Å². The largest absolute Gasteiger partial charge is 0.480 e. The van der Waals surface area contributed by atoms with Crippen molar-refractivity contribution >= 4 is 11.7 Å². The molecule has 1 aliphatic heterocycles. The normalized spacial score (nSPS) is 20.7. The third kappa shape index (κ3) is 3.56. The van der Waals surface area contributed by atoms with Crippen LogP contribution in [0.4, 0.5) is 5.69 Å². The highest BCUT2D eigenvalue weighted by Crippen LogP contribution is 2.30. The van der Waals surface area contributed by atoms with Gasteiger partial charge in [0.1, 0.15) is 5.54 Å². The molecule has 0 bridgehead atoms. The van der Waals surface area contributed by atoms with Crippen molar-refractivity contribution in [3.63, 3.8) is 0 Å². The lowest BCUT2D eigenvalue weighted by Gasteiger charge is -2.37. The predicted octanol–water partition coefficient (Wildman–Crippen LogP) is 2.53. The standard InChI is InChI=1S/C17H26N2O2/c1-4-18-17(3,16(20)21)9-10-19-12-13(2)11-14-7-5-6-8-15(14)19/h5-8,13,18H,4,9-12H2,1-3H3,(H,20,21). The number of carbonyl (C=O) groups is 1. The number of fused-ring (bicyclic) bond motifs is 1. The molecule has 0 spiro atoms. The highest BCUT2D eigenvalue weighted by atomic mass is 16.4. The maximum Gasteiger partial charge on any atom is 0.323 e. The van der Waals surface area contributed by atoms with Gasteiger partial charge in [-0.1, -0.05) is 32.0 Å². The summed E-state index contributed by atoms with van der Waals surface area (Å²) in [6.07, 6.45) is 1.70. The lowest BCUT2D eigenvalue weighted by molar-refractivity contribution is -0.144. The van der Waals surface area contributed by atoms with Crippen LogP contribution in [0, 0.1) is 5.92 Å². The molecular formula is C17H26N2O2. The molecule has 1 aromatic carbocycles. The Balaban J connectivity index is 2.11. The van der Waals surface area contributed by atoms with E-state index in [0.717, 1.165) is 19.5 Å². The zero-order chi connectivity index (χ0) is 15.5. The molecule has 2 atom stereocenters. The molecule has 0 radical (unpaired) electrons. The molecule has 0 saturated carbocycles. The van der Waals surface area contributed by atoms with Gasteiger partial charge >= 0.3 is 5.97 Å². The van der Waals surface area contributed by atoms with Crippen LogP contribution >= 0.6 is 0 Å². The van der Waals surface area contributed by atoms with E-state index in [1.165, 1.54) is 11.3 Å². The van der Waals surface area contributed by atoms with Gasteiger partial charge in [0, 0.05) is 18.8 Å².